The van der Waals surface area contributed by atoms with Gasteiger partial charge in [-0.05, 0) is 25.7 Å². The Hall–Kier alpha value is 0.140. The van der Waals surface area contributed by atoms with Crippen molar-refractivity contribution in [3.05, 3.63) is 24.3 Å². The zero-order valence-corrected chi connectivity index (χ0v) is 12.6. The van der Waals surface area contributed by atoms with E-state index < -0.39 is 26.6 Å². The molecule has 0 radical (unpaired) electrons. The Kier molecular flexibility index (Phi) is 26.9. The normalized spacial score (nSPS) is 13.4. The van der Waals surface area contributed by atoms with Crippen molar-refractivity contribution in [3.63, 3.8) is 0 Å². The third-order valence-electron chi connectivity index (χ3n) is 1.33. The van der Waals surface area contributed by atoms with Crippen molar-refractivity contribution in [1.82, 2.24) is 0 Å². The van der Waals surface area contributed by atoms with Gasteiger partial charge in [0.2, 0.25) is 0 Å². The van der Waals surface area contributed by atoms with Crippen molar-refractivity contribution in [1.29, 1.82) is 0 Å². The molecule has 0 heterocycles. The van der Waals surface area contributed by atoms with E-state index in [1.165, 1.54) is 25.7 Å². The van der Waals surface area contributed by atoms with Gasteiger partial charge in [0.05, 0.1) is 0 Å². The van der Waals surface area contributed by atoms with Gasteiger partial charge in [-0.15, -0.1) is 0 Å². The minimum absolute atomic E-state index is 1.23. The molecule has 0 N–H and O–H groups in total. The molecule has 0 aliphatic heterocycles. The molecule has 0 aromatic carbocycles. The summed E-state index contributed by atoms with van der Waals surface area (Å²) in [5, 5.41) is 0. The van der Waals surface area contributed by atoms with E-state index in [9.17, 15) is 37.8 Å². The Labute approximate surface area is 115 Å². The zero-order chi connectivity index (χ0) is 16.4. The van der Waals surface area contributed by atoms with Crippen molar-refractivity contribution in [2.24, 2.45) is 0 Å². The standard InChI is InChI=1S/C8H12.3F3P/c1-2-4-6-8-7-5-3-1;3*1-4(2)3/h1-2,7-8H,3-6H2;;;. The summed E-state index contributed by atoms with van der Waals surface area (Å²) in [4.78, 5) is 0. The molecule has 0 aromatic rings. The van der Waals surface area contributed by atoms with Crippen molar-refractivity contribution in [3.8, 4) is 0 Å². The van der Waals surface area contributed by atoms with Crippen molar-refractivity contribution >= 4 is 26.6 Å². The molecule has 0 atom stereocenters. The fourth-order valence-corrected chi connectivity index (χ4v) is 0.856. The van der Waals surface area contributed by atoms with Crippen LogP contribution in [0, 0.1) is 0 Å². The molecular formula is C8H12F9P3. The Morgan fingerprint density at radius 2 is 0.500 bits per heavy atom. The van der Waals surface area contributed by atoms with Crippen LogP contribution in [0.3, 0.4) is 0 Å². The highest BCUT2D eigenvalue weighted by atomic mass is 31.2. The zero-order valence-electron chi connectivity index (χ0n) is 9.88. The van der Waals surface area contributed by atoms with Crippen LogP contribution >= 0.6 is 26.6 Å². The first-order valence-corrected chi connectivity index (χ1v) is 7.86. The lowest BCUT2D eigenvalue weighted by Crippen LogP contribution is -1.71. The van der Waals surface area contributed by atoms with Crippen LogP contribution in [-0.4, -0.2) is 0 Å². The molecule has 0 fully saturated rings. The maximum absolute atomic E-state index is 9.73. The fraction of sp³-hybridized carbons (Fsp3) is 0.500. The van der Waals surface area contributed by atoms with Crippen molar-refractivity contribution in [2.75, 3.05) is 0 Å². The summed E-state index contributed by atoms with van der Waals surface area (Å²) in [5.74, 6) is 0. The predicted octanol–water partition coefficient (Wildman–Crippen LogP) is 9.04. The number of allylic oxidation sites excluding steroid dienone is 4. The van der Waals surface area contributed by atoms with E-state index in [2.05, 4.69) is 24.3 Å². The number of hydrogen-bond acceptors (Lipinski definition) is 0. The van der Waals surface area contributed by atoms with E-state index >= 15 is 0 Å². The molecule has 1 aliphatic carbocycles. The summed E-state index contributed by atoms with van der Waals surface area (Å²) in [5.41, 5.74) is 0. The summed E-state index contributed by atoms with van der Waals surface area (Å²) in [6, 6.07) is 0. The highest BCUT2D eigenvalue weighted by molar-refractivity contribution is 7.40. The Morgan fingerprint density at radius 1 is 0.400 bits per heavy atom. The topological polar surface area (TPSA) is 0 Å². The van der Waals surface area contributed by atoms with Gasteiger partial charge in [0.1, 0.15) is 0 Å². The van der Waals surface area contributed by atoms with Gasteiger partial charge in [0.25, 0.3) is 0 Å². The number of rotatable bonds is 0. The Morgan fingerprint density at radius 3 is 0.600 bits per heavy atom. The molecule has 20 heavy (non-hydrogen) atoms. The minimum atomic E-state index is -4.12. The van der Waals surface area contributed by atoms with Gasteiger partial charge < -0.3 is 0 Å². The van der Waals surface area contributed by atoms with Crippen LogP contribution in [0.1, 0.15) is 25.7 Å². The molecule has 0 bridgehead atoms. The minimum Gasteiger partial charge on any atom is -0.152 e. The third-order valence-corrected chi connectivity index (χ3v) is 1.33. The van der Waals surface area contributed by atoms with Crippen molar-refractivity contribution < 1.29 is 37.8 Å². The lowest BCUT2D eigenvalue weighted by atomic mass is 10.1. The number of hydrogen-bond donors (Lipinski definition) is 0. The quantitative estimate of drug-likeness (QED) is 0.226. The summed E-state index contributed by atoms with van der Waals surface area (Å²) < 4.78 is 87.6. The molecule has 0 spiro atoms. The first-order chi connectivity index (χ1) is 9.20. The van der Waals surface area contributed by atoms with Gasteiger partial charge in [0.15, 0.2) is 0 Å². The van der Waals surface area contributed by atoms with Crippen LogP contribution in [0.2, 0.25) is 0 Å². The second-order valence-corrected chi connectivity index (χ2v) is 3.82. The molecule has 0 saturated heterocycles. The van der Waals surface area contributed by atoms with Gasteiger partial charge in [-0.2, -0.15) is 37.8 Å². The smallest absolute Gasteiger partial charge is 0.152 e. The second-order valence-electron chi connectivity index (χ2n) is 2.67. The molecule has 1 rings (SSSR count). The maximum atomic E-state index is 9.73. The van der Waals surface area contributed by atoms with Crippen LogP contribution in [0.4, 0.5) is 37.8 Å². The average molecular weight is 372 g/mol. The number of halogens is 9. The van der Waals surface area contributed by atoms with Gasteiger partial charge in [0, 0.05) is 0 Å². The van der Waals surface area contributed by atoms with Gasteiger partial charge >= 0.3 is 26.6 Å². The highest BCUT2D eigenvalue weighted by Crippen LogP contribution is 2.40. The molecular weight excluding hydrogens is 360 g/mol. The summed E-state index contributed by atoms with van der Waals surface area (Å²) >= 11 is 0. The Balaban J connectivity index is -0.000000209. The molecule has 0 saturated carbocycles. The van der Waals surface area contributed by atoms with E-state index in [0.29, 0.717) is 0 Å². The summed E-state index contributed by atoms with van der Waals surface area (Å²) in [6.07, 6.45) is 14.0. The summed E-state index contributed by atoms with van der Waals surface area (Å²) in [7, 11) is -12.4. The first kappa shape index (κ1) is 25.1. The summed E-state index contributed by atoms with van der Waals surface area (Å²) in [6.45, 7) is 0. The van der Waals surface area contributed by atoms with Gasteiger partial charge in [-0.3, -0.25) is 0 Å². The van der Waals surface area contributed by atoms with E-state index in [4.69, 9.17) is 0 Å². The average Bonchev–Trinajstić information content (AvgIpc) is 2.12. The predicted molar refractivity (Wildman–Crippen MR) is 67.5 cm³/mol. The fourth-order valence-electron chi connectivity index (χ4n) is 0.856. The van der Waals surface area contributed by atoms with Crippen LogP contribution in [-0.2, 0) is 0 Å². The highest BCUT2D eigenvalue weighted by Gasteiger charge is 1.92. The van der Waals surface area contributed by atoms with Crippen LogP contribution in [0.25, 0.3) is 0 Å². The van der Waals surface area contributed by atoms with E-state index in [1.807, 2.05) is 0 Å². The molecule has 0 nitrogen and oxygen atoms in total. The largest absolute Gasteiger partial charge is 0.456 e. The lowest BCUT2D eigenvalue weighted by molar-refractivity contribution is 0.631. The van der Waals surface area contributed by atoms with Crippen LogP contribution in [0.5, 0.6) is 0 Å². The molecule has 0 amide bonds. The van der Waals surface area contributed by atoms with Crippen LogP contribution < -0.4 is 0 Å². The van der Waals surface area contributed by atoms with Gasteiger partial charge in [-0.1, -0.05) is 24.3 Å². The second kappa shape index (κ2) is 21.4. The molecule has 1 aliphatic rings. The molecule has 122 valence electrons. The molecule has 0 unspecified atom stereocenters. The van der Waals surface area contributed by atoms with E-state index in [1.54, 1.807) is 0 Å². The third kappa shape index (κ3) is 80.4. The van der Waals surface area contributed by atoms with Crippen molar-refractivity contribution in [2.45, 2.75) is 25.7 Å². The first-order valence-electron chi connectivity index (χ1n) is 4.82. The van der Waals surface area contributed by atoms with Crippen LogP contribution in [0.15, 0.2) is 24.3 Å². The monoisotopic (exact) mass is 372 g/mol. The molecule has 12 heteroatoms. The maximum Gasteiger partial charge on any atom is 0.456 e. The Bertz CT molecular complexity index is 175. The lowest BCUT2D eigenvalue weighted by Gasteiger charge is -1.92. The van der Waals surface area contributed by atoms with Gasteiger partial charge in [-0.25, -0.2) is 0 Å². The SMILES string of the molecule is C1=CCCC=CCC1.FP(F)F.FP(F)F.FP(F)F. The van der Waals surface area contributed by atoms with E-state index in [0.717, 1.165) is 0 Å². The molecule has 0 aromatic heterocycles. The van der Waals surface area contributed by atoms with E-state index in [-0.39, 0.29) is 0 Å².